The summed E-state index contributed by atoms with van der Waals surface area (Å²) in [5.41, 5.74) is 0. The van der Waals surface area contributed by atoms with Crippen molar-refractivity contribution in [1.82, 2.24) is 4.90 Å². The maximum absolute atomic E-state index is 6.00. The van der Waals surface area contributed by atoms with Gasteiger partial charge in [-0.2, -0.15) is 0 Å². The van der Waals surface area contributed by atoms with Crippen LogP contribution < -0.4 is 4.74 Å². The predicted octanol–water partition coefficient (Wildman–Crippen LogP) is 3.73. The van der Waals surface area contributed by atoms with Crippen LogP contribution >= 0.6 is 23.2 Å². The number of nitrogens with zero attached hydrogens (tertiary/aromatic N) is 1. The molecule has 1 saturated heterocycles. The number of halogens is 2. The second-order valence-corrected chi connectivity index (χ2v) is 6.71. The van der Waals surface area contributed by atoms with Gasteiger partial charge >= 0.3 is 0 Å². The summed E-state index contributed by atoms with van der Waals surface area (Å²) in [5.74, 6) is 2.22. The molecule has 2 aliphatic rings. The third-order valence-corrected chi connectivity index (χ3v) is 5.27. The van der Waals surface area contributed by atoms with E-state index in [4.69, 9.17) is 32.7 Å². The lowest BCUT2D eigenvalue weighted by Gasteiger charge is -2.40. The number of hydrogen-bond donors (Lipinski definition) is 0. The molecular weight excluding hydrogens is 309 g/mol. The molecule has 0 radical (unpaired) electrons. The maximum Gasteiger partial charge on any atom is 0.120 e. The Hall–Kier alpha value is -0.480. The molecule has 1 heterocycles. The molecular formula is C16H21Cl2NO2. The van der Waals surface area contributed by atoms with Crippen LogP contribution in [0.5, 0.6) is 5.75 Å². The number of hydrogen-bond acceptors (Lipinski definition) is 3. The lowest BCUT2D eigenvalue weighted by atomic mass is 9.74. The van der Waals surface area contributed by atoms with Crippen LogP contribution in [0.4, 0.5) is 0 Å². The van der Waals surface area contributed by atoms with Gasteiger partial charge in [0.05, 0.1) is 29.9 Å². The van der Waals surface area contributed by atoms with Crippen molar-refractivity contribution in [3.63, 3.8) is 0 Å². The Morgan fingerprint density at radius 1 is 1.10 bits per heavy atom. The molecule has 1 aliphatic heterocycles. The third-order valence-electron chi connectivity index (χ3n) is 4.53. The molecule has 0 amide bonds. The molecule has 1 aromatic rings. The van der Waals surface area contributed by atoms with Crippen molar-refractivity contribution in [3.05, 3.63) is 28.2 Å². The molecule has 2 fully saturated rings. The average Bonchev–Trinajstić information content (AvgIpc) is 2.48. The Labute approximate surface area is 136 Å². The first-order chi connectivity index (χ1) is 10.2. The minimum absolute atomic E-state index is 0.549. The summed E-state index contributed by atoms with van der Waals surface area (Å²) < 4.78 is 11.3. The molecule has 0 bridgehead atoms. The van der Waals surface area contributed by atoms with Crippen LogP contribution in [-0.2, 0) is 4.74 Å². The van der Waals surface area contributed by atoms with Gasteiger partial charge in [-0.25, -0.2) is 0 Å². The third kappa shape index (κ3) is 4.04. The van der Waals surface area contributed by atoms with Crippen LogP contribution in [0.15, 0.2) is 18.2 Å². The minimum atomic E-state index is 0.549. The first-order valence-corrected chi connectivity index (χ1v) is 8.36. The highest BCUT2D eigenvalue weighted by atomic mass is 35.5. The standard InChI is InChI=1S/C16H21Cl2NO2/c17-15-4-3-14(9-16(15)18)21-11-13-2-1-12(13)10-19-5-7-20-8-6-19/h3-4,9,12-13H,1-2,5-8,10-11H2/t12?,13-/m0/s1. The van der Waals surface area contributed by atoms with Gasteiger partial charge in [-0.3, -0.25) is 4.90 Å². The van der Waals surface area contributed by atoms with Gasteiger partial charge < -0.3 is 9.47 Å². The van der Waals surface area contributed by atoms with Gasteiger partial charge in [0.25, 0.3) is 0 Å². The first kappa shape index (κ1) is 15.4. The molecule has 2 atom stereocenters. The lowest BCUT2D eigenvalue weighted by Crippen LogP contribution is -2.44. The van der Waals surface area contributed by atoms with E-state index in [0.717, 1.165) is 44.6 Å². The zero-order valence-electron chi connectivity index (χ0n) is 12.1. The van der Waals surface area contributed by atoms with Crippen molar-refractivity contribution in [1.29, 1.82) is 0 Å². The van der Waals surface area contributed by atoms with Crippen LogP contribution in [0.25, 0.3) is 0 Å². The average molecular weight is 330 g/mol. The van der Waals surface area contributed by atoms with Crippen LogP contribution in [-0.4, -0.2) is 44.4 Å². The normalized spacial score (nSPS) is 26.4. The summed E-state index contributed by atoms with van der Waals surface area (Å²) in [5, 5.41) is 1.12. The molecule has 1 aromatic carbocycles. The van der Waals surface area contributed by atoms with Crippen molar-refractivity contribution in [2.24, 2.45) is 11.8 Å². The van der Waals surface area contributed by atoms with Crippen molar-refractivity contribution >= 4 is 23.2 Å². The zero-order valence-corrected chi connectivity index (χ0v) is 13.6. The van der Waals surface area contributed by atoms with E-state index < -0.39 is 0 Å². The van der Waals surface area contributed by atoms with Gasteiger partial charge in [0.2, 0.25) is 0 Å². The maximum atomic E-state index is 6.00. The molecule has 116 valence electrons. The first-order valence-electron chi connectivity index (χ1n) is 7.60. The van der Waals surface area contributed by atoms with E-state index in [-0.39, 0.29) is 0 Å². The Kier molecular flexibility index (Phi) is 5.28. The second kappa shape index (κ2) is 7.19. The molecule has 5 heteroatoms. The predicted molar refractivity (Wildman–Crippen MR) is 85.4 cm³/mol. The fourth-order valence-corrected chi connectivity index (χ4v) is 3.27. The van der Waals surface area contributed by atoms with E-state index in [1.54, 1.807) is 12.1 Å². The van der Waals surface area contributed by atoms with E-state index in [2.05, 4.69) is 4.90 Å². The van der Waals surface area contributed by atoms with Crippen LogP contribution in [0.2, 0.25) is 10.0 Å². The number of benzene rings is 1. The molecule has 0 spiro atoms. The zero-order chi connectivity index (χ0) is 14.7. The molecule has 1 unspecified atom stereocenters. The number of morpholine rings is 1. The summed E-state index contributed by atoms with van der Waals surface area (Å²) >= 11 is 11.9. The van der Waals surface area contributed by atoms with Crippen LogP contribution in [0.1, 0.15) is 12.8 Å². The van der Waals surface area contributed by atoms with Gasteiger partial charge in [-0.15, -0.1) is 0 Å². The quantitative estimate of drug-likeness (QED) is 0.821. The van der Waals surface area contributed by atoms with E-state index in [9.17, 15) is 0 Å². The van der Waals surface area contributed by atoms with Crippen molar-refractivity contribution in [2.45, 2.75) is 12.8 Å². The summed E-state index contributed by atoms with van der Waals surface area (Å²) in [7, 11) is 0. The van der Waals surface area contributed by atoms with Gasteiger partial charge in [-0.05, 0) is 36.8 Å². The van der Waals surface area contributed by atoms with E-state index >= 15 is 0 Å². The second-order valence-electron chi connectivity index (χ2n) is 5.90. The van der Waals surface area contributed by atoms with Gasteiger partial charge in [0.1, 0.15) is 5.75 Å². The fraction of sp³-hybridized carbons (Fsp3) is 0.625. The Morgan fingerprint density at radius 3 is 2.52 bits per heavy atom. The van der Waals surface area contributed by atoms with E-state index in [1.807, 2.05) is 6.07 Å². The number of rotatable bonds is 5. The summed E-state index contributed by atoms with van der Waals surface area (Å²) in [4.78, 5) is 2.51. The molecule has 3 nitrogen and oxygen atoms in total. The Balaban J connectivity index is 1.45. The monoisotopic (exact) mass is 329 g/mol. The molecule has 0 aromatic heterocycles. The summed E-state index contributed by atoms with van der Waals surface area (Å²) in [6, 6.07) is 5.45. The largest absolute Gasteiger partial charge is 0.493 e. The van der Waals surface area contributed by atoms with Gasteiger partial charge in [0, 0.05) is 25.7 Å². The lowest BCUT2D eigenvalue weighted by molar-refractivity contribution is 0.00483. The highest BCUT2D eigenvalue weighted by molar-refractivity contribution is 6.42. The van der Waals surface area contributed by atoms with E-state index in [1.165, 1.54) is 19.4 Å². The summed E-state index contributed by atoms with van der Waals surface area (Å²) in [6.07, 6.45) is 2.57. The molecule has 1 saturated carbocycles. The van der Waals surface area contributed by atoms with E-state index in [0.29, 0.717) is 16.0 Å². The van der Waals surface area contributed by atoms with Crippen molar-refractivity contribution in [2.75, 3.05) is 39.5 Å². The van der Waals surface area contributed by atoms with Crippen molar-refractivity contribution in [3.8, 4) is 5.75 Å². The molecule has 1 aliphatic carbocycles. The van der Waals surface area contributed by atoms with Crippen molar-refractivity contribution < 1.29 is 9.47 Å². The SMILES string of the molecule is Clc1ccc(OC[C@@H]2CCC2CN2CCOCC2)cc1Cl. The highest BCUT2D eigenvalue weighted by Crippen LogP contribution is 2.36. The summed E-state index contributed by atoms with van der Waals surface area (Å²) in [6.45, 7) is 5.83. The van der Waals surface area contributed by atoms with Crippen LogP contribution in [0, 0.1) is 11.8 Å². The Morgan fingerprint density at radius 2 is 1.86 bits per heavy atom. The van der Waals surface area contributed by atoms with Gasteiger partial charge in [0.15, 0.2) is 0 Å². The Bertz CT molecular complexity index is 477. The molecule has 0 N–H and O–H groups in total. The fourth-order valence-electron chi connectivity index (χ4n) is 2.98. The minimum Gasteiger partial charge on any atom is -0.493 e. The topological polar surface area (TPSA) is 21.7 Å². The van der Waals surface area contributed by atoms with Gasteiger partial charge in [-0.1, -0.05) is 23.2 Å². The van der Waals surface area contributed by atoms with Crippen LogP contribution in [0.3, 0.4) is 0 Å². The molecule has 3 rings (SSSR count). The number of ether oxygens (including phenoxy) is 2. The highest BCUT2D eigenvalue weighted by Gasteiger charge is 2.33. The smallest absolute Gasteiger partial charge is 0.120 e. The molecule has 21 heavy (non-hydrogen) atoms.